The fraction of sp³-hybridized carbons (Fsp3) is 0.111. The van der Waals surface area contributed by atoms with Gasteiger partial charge in [0.25, 0.3) is 22.6 Å². The fourth-order valence-electron chi connectivity index (χ4n) is 2.38. The van der Waals surface area contributed by atoms with Crippen LogP contribution in [0.4, 0.5) is 9.18 Å². The van der Waals surface area contributed by atoms with Gasteiger partial charge >= 0.3 is 0 Å². The number of rotatable bonds is 5. The highest BCUT2D eigenvalue weighted by molar-refractivity contribution is 8.18. The number of carbonyl (C=O) groups is 3. The van der Waals surface area contributed by atoms with E-state index >= 15 is 0 Å². The van der Waals surface area contributed by atoms with Crippen LogP contribution in [0.15, 0.2) is 52.3 Å². The molecule has 2 N–H and O–H groups in total. The molecule has 1 aliphatic rings. The lowest BCUT2D eigenvalue weighted by molar-refractivity contribution is -0.122. The second-order valence-corrected chi connectivity index (χ2v) is 6.55. The maximum Gasteiger partial charge on any atom is 0.293 e. The summed E-state index contributed by atoms with van der Waals surface area (Å²) in [5.41, 5.74) is 0.0183. The Kier molecular flexibility index (Phi) is 5.51. The minimum absolute atomic E-state index is 0.00896. The number of aromatic nitrogens is 1. The molecule has 0 unspecified atom stereocenters. The quantitative estimate of drug-likeness (QED) is 0.765. The first kappa shape index (κ1) is 18.6. The Labute approximate surface area is 157 Å². The largest absolute Gasteiger partial charge is 0.350 e. The second-order valence-electron chi connectivity index (χ2n) is 5.55. The number of nitrogens with zero attached hydrogens (tertiary/aromatic N) is 1. The van der Waals surface area contributed by atoms with E-state index in [1.807, 2.05) is 0 Å². The predicted octanol–water partition coefficient (Wildman–Crippen LogP) is 1.98. The van der Waals surface area contributed by atoms with E-state index in [9.17, 15) is 23.6 Å². The van der Waals surface area contributed by atoms with E-state index in [1.54, 1.807) is 0 Å². The molecule has 1 aromatic heterocycles. The lowest BCUT2D eigenvalue weighted by Gasteiger charge is -2.12. The first-order valence-corrected chi connectivity index (χ1v) is 8.74. The summed E-state index contributed by atoms with van der Waals surface area (Å²) < 4.78 is 12.9. The van der Waals surface area contributed by atoms with Crippen LogP contribution in [0.1, 0.15) is 15.9 Å². The van der Waals surface area contributed by atoms with Gasteiger partial charge < -0.3 is 10.3 Å². The summed E-state index contributed by atoms with van der Waals surface area (Å²) in [6.07, 6.45) is 2.92. The van der Waals surface area contributed by atoms with Crippen molar-refractivity contribution in [3.05, 3.63) is 74.8 Å². The van der Waals surface area contributed by atoms with Crippen LogP contribution in [0, 0.1) is 5.82 Å². The number of aromatic amines is 1. The van der Waals surface area contributed by atoms with Crippen molar-refractivity contribution in [3.63, 3.8) is 0 Å². The normalized spacial score (nSPS) is 15.4. The number of halogens is 1. The van der Waals surface area contributed by atoms with E-state index in [0.29, 0.717) is 5.56 Å². The molecule has 0 atom stereocenters. The molecule has 1 fully saturated rings. The van der Waals surface area contributed by atoms with Gasteiger partial charge in [-0.25, -0.2) is 4.39 Å². The Balaban J connectivity index is 1.61. The van der Waals surface area contributed by atoms with E-state index in [4.69, 9.17) is 0 Å². The number of benzene rings is 1. The third kappa shape index (κ3) is 4.32. The first-order valence-electron chi connectivity index (χ1n) is 7.92. The molecular weight excluding hydrogens is 373 g/mol. The smallest absolute Gasteiger partial charge is 0.293 e. The molecular formula is C18H14FN3O4S. The molecule has 3 amide bonds. The van der Waals surface area contributed by atoms with Crippen LogP contribution < -0.4 is 10.9 Å². The summed E-state index contributed by atoms with van der Waals surface area (Å²) in [5, 5.41) is 2.04. The van der Waals surface area contributed by atoms with E-state index in [1.165, 1.54) is 48.7 Å². The maximum absolute atomic E-state index is 12.9. The van der Waals surface area contributed by atoms with E-state index in [0.717, 1.165) is 16.7 Å². The number of H-pyrrole nitrogens is 1. The molecule has 1 aromatic carbocycles. The Morgan fingerprint density at radius 2 is 1.93 bits per heavy atom. The first-order chi connectivity index (χ1) is 13.0. The second kappa shape index (κ2) is 8.00. The Hall–Kier alpha value is -3.20. The molecule has 0 spiro atoms. The molecule has 1 saturated heterocycles. The average Bonchev–Trinajstić information content (AvgIpc) is 2.91. The van der Waals surface area contributed by atoms with Crippen molar-refractivity contribution < 1.29 is 18.8 Å². The van der Waals surface area contributed by atoms with Crippen molar-refractivity contribution in [3.8, 4) is 0 Å². The van der Waals surface area contributed by atoms with Crippen molar-refractivity contribution in [2.24, 2.45) is 0 Å². The highest BCUT2D eigenvalue weighted by Gasteiger charge is 2.34. The van der Waals surface area contributed by atoms with Crippen molar-refractivity contribution in [2.45, 2.75) is 0 Å². The van der Waals surface area contributed by atoms with Crippen molar-refractivity contribution >= 4 is 34.9 Å². The van der Waals surface area contributed by atoms with Gasteiger partial charge in [0.15, 0.2) is 0 Å². The molecule has 0 radical (unpaired) electrons. The summed E-state index contributed by atoms with van der Waals surface area (Å²) >= 11 is 0.776. The van der Waals surface area contributed by atoms with Gasteiger partial charge in [-0.3, -0.25) is 24.1 Å². The van der Waals surface area contributed by atoms with Crippen molar-refractivity contribution in [1.82, 2.24) is 15.2 Å². The zero-order valence-corrected chi connectivity index (χ0v) is 14.7. The van der Waals surface area contributed by atoms with Gasteiger partial charge in [0, 0.05) is 19.3 Å². The average molecular weight is 387 g/mol. The van der Waals surface area contributed by atoms with E-state index in [2.05, 4.69) is 10.3 Å². The summed E-state index contributed by atoms with van der Waals surface area (Å²) in [5.74, 6) is -1.47. The third-order valence-electron chi connectivity index (χ3n) is 3.73. The Bertz CT molecular complexity index is 985. The highest BCUT2D eigenvalue weighted by Crippen LogP contribution is 2.31. The SMILES string of the molecule is O=C(NCCN1C(=O)S/C(=C\c2ccc(F)cc2)C1=O)c1ccc[nH]c1=O. The van der Waals surface area contributed by atoms with Gasteiger partial charge in [0.1, 0.15) is 11.4 Å². The Morgan fingerprint density at radius 1 is 1.19 bits per heavy atom. The molecule has 3 rings (SSSR count). The van der Waals surface area contributed by atoms with E-state index < -0.39 is 28.4 Å². The van der Waals surface area contributed by atoms with Crippen LogP contribution in [0.5, 0.6) is 0 Å². The molecule has 7 nitrogen and oxygen atoms in total. The van der Waals surface area contributed by atoms with Crippen LogP contribution in [-0.2, 0) is 4.79 Å². The minimum atomic E-state index is -0.592. The monoisotopic (exact) mass is 387 g/mol. The minimum Gasteiger partial charge on any atom is -0.350 e. The van der Waals surface area contributed by atoms with Crippen LogP contribution in [0.25, 0.3) is 6.08 Å². The number of amides is 3. The number of pyridine rings is 1. The topological polar surface area (TPSA) is 99.3 Å². The predicted molar refractivity (Wildman–Crippen MR) is 98.5 cm³/mol. The van der Waals surface area contributed by atoms with Crippen LogP contribution in [0.3, 0.4) is 0 Å². The van der Waals surface area contributed by atoms with Crippen LogP contribution >= 0.6 is 11.8 Å². The lowest BCUT2D eigenvalue weighted by Crippen LogP contribution is -2.38. The van der Waals surface area contributed by atoms with Crippen molar-refractivity contribution in [2.75, 3.05) is 13.1 Å². The summed E-state index contributed by atoms with van der Waals surface area (Å²) in [7, 11) is 0. The number of carbonyl (C=O) groups excluding carboxylic acids is 3. The molecule has 9 heteroatoms. The van der Waals surface area contributed by atoms with Gasteiger partial charge in [-0.15, -0.1) is 0 Å². The zero-order chi connectivity index (χ0) is 19.4. The van der Waals surface area contributed by atoms with Gasteiger partial charge in [-0.05, 0) is 47.7 Å². The molecule has 2 heterocycles. The molecule has 2 aromatic rings. The van der Waals surface area contributed by atoms with Gasteiger partial charge in [0.2, 0.25) is 0 Å². The maximum atomic E-state index is 12.9. The molecule has 138 valence electrons. The summed E-state index contributed by atoms with van der Waals surface area (Å²) in [6, 6.07) is 8.42. The summed E-state index contributed by atoms with van der Waals surface area (Å²) in [6.45, 7) is -0.0169. The number of nitrogens with one attached hydrogen (secondary N) is 2. The molecule has 0 bridgehead atoms. The molecule has 1 aliphatic heterocycles. The van der Waals surface area contributed by atoms with E-state index in [-0.39, 0.29) is 23.6 Å². The number of imide groups is 1. The molecule has 27 heavy (non-hydrogen) atoms. The van der Waals surface area contributed by atoms with Crippen LogP contribution in [0.2, 0.25) is 0 Å². The molecule has 0 aliphatic carbocycles. The number of hydrogen-bond acceptors (Lipinski definition) is 5. The molecule has 0 saturated carbocycles. The summed E-state index contributed by atoms with van der Waals surface area (Å²) in [4.78, 5) is 51.5. The standard InChI is InChI=1S/C18H14FN3O4S/c19-12-5-3-11(4-6-12)10-14-17(25)22(18(26)27-14)9-8-21-16(24)13-2-1-7-20-15(13)23/h1-7,10H,8-9H2,(H,20,23)(H,21,24)/b14-10-. The van der Waals surface area contributed by atoms with Gasteiger partial charge in [-0.2, -0.15) is 0 Å². The van der Waals surface area contributed by atoms with Gasteiger partial charge in [0.05, 0.1) is 4.91 Å². The van der Waals surface area contributed by atoms with Crippen LogP contribution in [-0.4, -0.2) is 40.0 Å². The highest BCUT2D eigenvalue weighted by atomic mass is 32.2. The fourth-order valence-corrected chi connectivity index (χ4v) is 3.25. The lowest BCUT2D eigenvalue weighted by atomic mass is 10.2. The zero-order valence-electron chi connectivity index (χ0n) is 13.9. The third-order valence-corrected chi connectivity index (χ3v) is 4.63. The Morgan fingerprint density at radius 3 is 2.63 bits per heavy atom. The van der Waals surface area contributed by atoms with Crippen molar-refractivity contribution in [1.29, 1.82) is 0 Å². The van der Waals surface area contributed by atoms with Gasteiger partial charge in [-0.1, -0.05) is 12.1 Å². The number of thioether (sulfide) groups is 1. The number of hydrogen-bond donors (Lipinski definition) is 2.